The van der Waals surface area contributed by atoms with Crippen LogP contribution in [0.15, 0.2) is 41.0 Å². The van der Waals surface area contributed by atoms with Crippen LogP contribution in [-0.4, -0.2) is 43.0 Å². The number of hydrogen-bond donors (Lipinski definition) is 1. The average molecular weight is 335 g/mol. The molecule has 0 bridgehead atoms. The standard InChI is InChI=1S/C16H15ClN2O4/c17-13-10-11(18-15(20)14-2-1-7-23-14)3-4-12(13)16(21)19-5-8-22-9-6-19/h1-4,7,10H,5-6,8-9H2,(H,18,20). The Bertz CT molecular complexity index is 709. The number of anilines is 1. The van der Waals surface area contributed by atoms with E-state index in [1.54, 1.807) is 35.2 Å². The lowest BCUT2D eigenvalue weighted by atomic mass is 10.1. The lowest BCUT2D eigenvalue weighted by Gasteiger charge is -2.27. The fourth-order valence-corrected chi connectivity index (χ4v) is 2.56. The summed E-state index contributed by atoms with van der Waals surface area (Å²) in [6.45, 7) is 2.15. The second-order valence-corrected chi connectivity index (χ2v) is 5.44. The van der Waals surface area contributed by atoms with Gasteiger partial charge in [-0.1, -0.05) is 11.6 Å². The Hall–Kier alpha value is -2.31. The Morgan fingerprint density at radius 3 is 2.61 bits per heavy atom. The van der Waals surface area contributed by atoms with Crippen LogP contribution in [0.3, 0.4) is 0 Å². The van der Waals surface area contributed by atoms with Crippen LogP contribution in [0.25, 0.3) is 0 Å². The maximum Gasteiger partial charge on any atom is 0.291 e. The molecule has 0 spiro atoms. The molecule has 3 rings (SSSR count). The number of ether oxygens (including phenoxy) is 1. The Balaban J connectivity index is 1.72. The minimum absolute atomic E-state index is 0.137. The van der Waals surface area contributed by atoms with Crippen LogP contribution in [-0.2, 0) is 4.74 Å². The van der Waals surface area contributed by atoms with Gasteiger partial charge in [-0.2, -0.15) is 0 Å². The van der Waals surface area contributed by atoms with Crippen LogP contribution in [0, 0.1) is 0 Å². The molecule has 1 aliphatic rings. The summed E-state index contributed by atoms with van der Waals surface area (Å²) < 4.78 is 10.3. The molecule has 120 valence electrons. The second kappa shape index (κ2) is 6.85. The van der Waals surface area contributed by atoms with Crippen LogP contribution in [0.2, 0.25) is 5.02 Å². The summed E-state index contributed by atoms with van der Waals surface area (Å²) in [6.07, 6.45) is 1.42. The number of amides is 2. The normalized spacial score (nSPS) is 14.6. The van der Waals surface area contributed by atoms with Crippen molar-refractivity contribution in [3.63, 3.8) is 0 Å². The molecule has 0 unspecified atom stereocenters. The maximum absolute atomic E-state index is 12.4. The van der Waals surface area contributed by atoms with E-state index >= 15 is 0 Å². The molecule has 2 heterocycles. The van der Waals surface area contributed by atoms with E-state index in [9.17, 15) is 9.59 Å². The van der Waals surface area contributed by atoms with Crippen molar-refractivity contribution in [1.29, 1.82) is 0 Å². The minimum Gasteiger partial charge on any atom is -0.459 e. The first-order valence-electron chi connectivity index (χ1n) is 7.16. The monoisotopic (exact) mass is 334 g/mol. The summed E-state index contributed by atoms with van der Waals surface area (Å²) in [5.74, 6) is -0.310. The largest absolute Gasteiger partial charge is 0.459 e. The van der Waals surface area contributed by atoms with Gasteiger partial charge in [0, 0.05) is 18.8 Å². The summed E-state index contributed by atoms with van der Waals surface area (Å²) in [4.78, 5) is 26.0. The highest BCUT2D eigenvalue weighted by molar-refractivity contribution is 6.34. The highest BCUT2D eigenvalue weighted by Crippen LogP contribution is 2.23. The van der Waals surface area contributed by atoms with Gasteiger partial charge in [0.2, 0.25) is 0 Å². The molecular formula is C16H15ClN2O4. The minimum atomic E-state index is -0.377. The maximum atomic E-state index is 12.4. The fourth-order valence-electron chi connectivity index (χ4n) is 2.30. The molecule has 2 amide bonds. The number of benzene rings is 1. The first-order chi connectivity index (χ1) is 11.1. The van der Waals surface area contributed by atoms with Crippen molar-refractivity contribution >= 4 is 29.1 Å². The van der Waals surface area contributed by atoms with Gasteiger partial charge in [-0.3, -0.25) is 9.59 Å². The first kappa shape index (κ1) is 15.6. The van der Waals surface area contributed by atoms with Crippen molar-refractivity contribution in [2.75, 3.05) is 31.6 Å². The van der Waals surface area contributed by atoms with Crippen molar-refractivity contribution in [1.82, 2.24) is 4.90 Å². The molecule has 1 saturated heterocycles. The summed E-state index contributed by atoms with van der Waals surface area (Å²) in [5, 5.41) is 2.96. The number of rotatable bonds is 3. The molecule has 1 aliphatic heterocycles. The summed E-state index contributed by atoms with van der Waals surface area (Å²) >= 11 is 6.20. The van der Waals surface area contributed by atoms with Crippen molar-refractivity contribution in [3.05, 3.63) is 52.9 Å². The topological polar surface area (TPSA) is 71.8 Å². The van der Waals surface area contributed by atoms with E-state index in [2.05, 4.69) is 5.32 Å². The van der Waals surface area contributed by atoms with Crippen LogP contribution in [0.4, 0.5) is 5.69 Å². The zero-order valence-electron chi connectivity index (χ0n) is 12.3. The van der Waals surface area contributed by atoms with Crippen molar-refractivity contribution < 1.29 is 18.7 Å². The molecule has 0 atom stereocenters. The molecule has 0 saturated carbocycles. The summed E-state index contributed by atoms with van der Waals surface area (Å²) in [7, 11) is 0. The van der Waals surface area contributed by atoms with E-state index in [0.717, 1.165) is 0 Å². The lowest BCUT2D eigenvalue weighted by molar-refractivity contribution is 0.0303. The highest BCUT2D eigenvalue weighted by Gasteiger charge is 2.21. The van der Waals surface area contributed by atoms with Crippen molar-refractivity contribution in [2.24, 2.45) is 0 Å². The molecule has 1 aromatic heterocycles. The van der Waals surface area contributed by atoms with Gasteiger partial charge < -0.3 is 19.4 Å². The Morgan fingerprint density at radius 1 is 1.17 bits per heavy atom. The van der Waals surface area contributed by atoms with E-state index in [-0.39, 0.29) is 17.6 Å². The highest BCUT2D eigenvalue weighted by atomic mass is 35.5. The molecule has 7 heteroatoms. The van der Waals surface area contributed by atoms with Crippen LogP contribution >= 0.6 is 11.6 Å². The number of morpholine rings is 1. The average Bonchev–Trinajstić information content (AvgIpc) is 3.10. The molecule has 1 N–H and O–H groups in total. The molecular weight excluding hydrogens is 320 g/mol. The predicted octanol–water partition coefficient (Wildman–Crippen LogP) is 2.66. The van der Waals surface area contributed by atoms with E-state index in [1.807, 2.05) is 0 Å². The van der Waals surface area contributed by atoms with Gasteiger partial charge in [0.25, 0.3) is 11.8 Å². The summed E-state index contributed by atoms with van der Waals surface area (Å²) in [6, 6.07) is 7.99. The SMILES string of the molecule is O=C(Nc1ccc(C(=O)N2CCOCC2)c(Cl)c1)c1ccco1. The summed E-state index contributed by atoms with van der Waals surface area (Å²) in [5.41, 5.74) is 0.902. The van der Waals surface area contributed by atoms with E-state index in [4.69, 9.17) is 20.8 Å². The number of hydrogen-bond acceptors (Lipinski definition) is 4. The molecule has 0 radical (unpaired) electrons. The van der Waals surface area contributed by atoms with Crippen LogP contribution in [0.5, 0.6) is 0 Å². The Morgan fingerprint density at radius 2 is 1.96 bits per heavy atom. The third-order valence-corrected chi connectivity index (χ3v) is 3.81. The van der Waals surface area contributed by atoms with E-state index in [0.29, 0.717) is 42.6 Å². The van der Waals surface area contributed by atoms with Gasteiger partial charge >= 0.3 is 0 Å². The van der Waals surface area contributed by atoms with Crippen molar-refractivity contribution in [3.8, 4) is 0 Å². The number of carbonyl (C=O) groups excluding carboxylic acids is 2. The number of carbonyl (C=O) groups is 2. The lowest BCUT2D eigenvalue weighted by Crippen LogP contribution is -2.40. The van der Waals surface area contributed by atoms with Gasteiger partial charge in [-0.25, -0.2) is 0 Å². The number of nitrogens with one attached hydrogen (secondary N) is 1. The van der Waals surface area contributed by atoms with Gasteiger partial charge in [0.15, 0.2) is 5.76 Å². The fraction of sp³-hybridized carbons (Fsp3) is 0.250. The number of furan rings is 1. The molecule has 23 heavy (non-hydrogen) atoms. The number of halogens is 1. The zero-order valence-corrected chi connectivity index (χ0v) is 13.0. The zero-order chi connectivity index (χ0) is 16.2. The third-order valence-electron chi connectivity index (χ3n) is 3.50. The van der Waals surface area contributed by atoms with Gasteiger partial charge in [0.05, 0.1) is 30.1 Å². The predicted molar refractivity (Wildman–Crippen MR) is 84.8 cm³/mol. The van der Waals surface area contributed by atoms with Crippen molar-refractivity contribution in [2.45, 2.75) is 0 Å². The van der Waals surface area contributed by atoms with Gasteiger partial charge in [-0.05, 0) is 30.3 Å². The van der Waals surface area contributed by atoms with Gasteiger partial charge in [-0.15, -0.1) is 0 Å². The first-order valence-corrected chi connectivity index (χ1v) is 7.54. The van der Waals surface area contributed by atoms with Gasteiger partial charge in [0.1, 0.15) is 0 Å². The molecule has 0 aliphatic carbocycles. The number of nitrogens with zero attached hydrogens (tertiary/aromatic N) is 1. The Labute approximate surface area is 138 Å². The third kappa shape index (κ3) is 3.55. The van der Waals surface area contributed by atoms with E-state index < -0.39 is 0 Å². The molecule has 6 nitrogen and oxygen atoms in total. The molecule has 2 aromatic rings. The Kier molecular flexibility index (Phi) is 4.64. The smallest absolute Gasteiger partial charge is 0.291 e. The van der Waals surface area contributed by atoms with Crippen LogP contribution in [0.1, 0.15) is 20.9 Å². The quantitative estimate of drug-likeness (QED) is 0.936. The van der Waals surface area contributed by atoms with Crippen LogP contribution < -0.4 is 5.32 Å². The molecule has 1 fully saturated rings. The van der Waals surface area contributed by atoms with E-state index in [1.165, 1.54) is 6.26 Å². The molecule has 1 aromatic carbocycles. The second-order valence-electron chi connectivity index (χ2n) is 5.03.